The summed E-state index contributed by atoms with van der Waals surface area (Å²) in [6, 6.07) is 0. The first-order valence-electron chi connectivity index (χ1n) is 4.38. The van der Waals surface area contributed by atoms with Crippen molar-refractivity contribution in [1.82, 2.24) is 0 Å². The van der Waals surface area contributed by atoms with Crippen molar-refractivity contribution in [1.29, 1.82) is 0 Å². The van der Waals surface area contributed by atoms with E-state index in [0.29, 0.717) is 5.92 Å². The fraction of sp³-hybridized carbons (Fsp3) is 0.545. The Bertz CT molecular complexity index is 111. The minimum absolute atomic E-state index is 0.629. The maximum Gasteiger partial charge on any atom is -0.0231 e. The van der Waals surface area contributed by atoms with Gasteiger partial charge in [0, 0.05) is 0 Å². The molecule has 63 valence electrons. The smallest absolute Gasteiger partial charge is 0.0231 e. The summed E-state index contributed by atoms with van der Waals surface area (Å²) in [4.78, 5) is 0. The van der Waals surface area contributed by atoms with Gasteiger partial charge in [0.2, 0.25) is 0 Å². The number of hydrogen-bond acceptors (Lipinski definition) is 0. The summed E-state index contributed by atoms with van der Waals surface area (Å²) >= 11 is 0. The second-order valence-corrected chi connectivity index (χ2v) is 2.84. The number of allylic oxidation sites excluding steroid dienone is 3. The average molecular weight is 151 g/mol. The Hall–Kier alpha value is -0.520. The van der Waals surface area contributed by atoms with E-state index >= 15 is 0 Å². The Morgan fingerprint density at radius 2 is 2.09 bits per heavy atom. The molecule has 0 heteroatoms. The van der Waals surface area contributed by atoms with Gasteiger partial charge in [0.1, 0.15) is 0 Å². The van der Waals surface area contributed by atoms with Crippen molar-refractivity contribution in [2.24, 2.45) is 5.92 Å². The highest BCUT2D eigenvalue weighted by Crippen LogP contribution is 2.08. The van der Waals surface area contributed by atoms with E-state index in [0.717, 1.165) is 6.42 Å². The first-order chi connectivity index (χ1) is 5.31. The van der Waals surface area contributed by atoms with Crippen molar-refractivity contribution in [2.75, 3.05) is 0 Å². The van der Waals surface area contributed by atoms with Gasteiger partial charge in [-0.25, -0.2) is 0 Å². The van der Waals surface area contributed by atoms with E-state index in [1.54, 1.807) is 0 Å². The van der Waals surface area contributed by atoms with Crippen LogP contribution in [0.4, 0.5) is 0 Å². The molecule has 0 amide bonds. The molecule has 0 aliphatic heterocycles. The minimum atomic E-state index is 0.629. The van der Waals surface area contributed by atoms with E-state index in [-0.39, 0.29) is 0 Å². The molecule has 0 aromatic carbocycles. The van der Waals surface area contributed by atoms with Crippen molar-refractivity contribution in [3.8, 4) is 0 Å². The lowest BCUT2D eigenvalue weighted by atomic mass is 10.0. The maximum absolute atomic E-state index is 3.69. The van der Waals surface area contributed by atoms with Gasteiger partial charge in [0.25, 0.3) is 0 Å². The molecule has 0 aliphatic rings. The molecule has 0 aliphatic carbocycles. The van der Waals surface area contributed by atoms with Gasteiger partial charge in [0.05, 0.1) is 0 Å². The zero-order chi connectivity index (χ0) is 8.53. The highest BCUT2D eigenvalue weighted by molar-refractivity contribution is 4.91. The molecule has 11 heavy (non-hydrogen) atoms. The fourth-order valence-electron chi connectivity index (χ4n) is 1.03. The molecule has 1 atom stereocenters. The lowest BCUT2D eigenvalue weighted by Crippen LogP contribution is -1.89. The molecule has 0 saturated carbocycles. The molecule has 0 saturated heterocycles. The van der Waals surface area contributed by atoms with E-state index in [9.17, 15) is 0 Å². The first kappa shape index (κ1) is 10.5. The van der Waals surface area contributed by atoms with Crippen LogP contribution >= 0.6 is 0 Å². The van der Waals surface area contributed by atoms with Gasteiger partial charge in [-0.15, -0.1) is 6.58 Å². The van der Waals surface area contributed by atoms with Gasteiger partial charge in [-0.1, -0.05) is 25.2 Å². The van der Waals surface area contributed by atoms with E-state index in [1.165, 1.54) is 12.8 Å². The second-order valence-electron chi connectivity index (χ2n) is 2.84. The number of hydrogen-bond donors (Lipinski definition) is 0. The molecule has 0 fully saturated rings. The van der Waals surface area contributed by atoms with Gasteiger partial charge in [-0.3, -0.25) is 0 Å². The lowest BCUT2D eigenvalue weighted by molar-refractivity contribution is 0.726. The number of unbranched alkanes of at least 4 members (excludes halogenated alkanes) is 2. The fourth-order valence-corrected chi connectivity index (χ4v) is 1.03. The number of rotatable bonds is 6. The molecule has 0 heterocycles. The summed E-state index contributed by atoms with van der Waals surface area (Å²) in [5, 5.41) is 0. The van der Waals surface area contributed by atoms with Crippen LogP contribution in [0.5, 0.6) is 0 Å². The van der Waals surface area contributed by atoms with Gasteiger partial charge in [0.15, 0.2) is 0 Å². The van der Waals surface area contributed by atoms with Crippen molar-refractivity contribution < 1.29 is 0 Å². The SMILES string of the molecule is C=CCCC[CH]C(C)C=CC. The van der Waals surface area contributed by atoms with Crippen LogP contribution in [0, 0.1) is 12.3 Å². The third kappa shape index (κ3) is 7.38. The van der Waals surface area contributed by atoms with E-state index < -0.39 is 0 Å². The Labute approximate surface area is 71.0 Å². The molecule has 0 aromatic rings. The Morgan fingerprint density at radius 1 is 1.36 bits per heavy atom. The molecule has 0 bridgehead atoms. The Morgan fingerprint density at radius 3 is 2.64 bits per heavy atom. The van der Waals surface area contributed by atoms with Crippen molar-refractivity contribution in [3.05, 3.63) is 31.2 Å². The zero-order valence-corrected chi connectivity index (χ0v) is 7.72. The van der Waals surface area contributed by atoms with Crippen LogP contribution in [0.25, 0.3) is 0 Å². The van der Waals surface area contributed by atoms with E-state index in [1.807, 2.05) is 6.08 Å². The monoisotopic (exact) mass is 151 g/mol. The van der Waals surface area contributed by atoms with Crippen LogP contribution in [-0.4, -0.2) is 0 Å². The van der Waals surface area contributed by atoms with E-state index in [2.05, 4.69) is 39.0 Å². The van der Waals surface area contributed by atoms with Crippen LogP contribution in [-0.2, 0) is 0 Å². The van der Waals surface area contributed by atoms with Gasteiger partial charge >= 0.3 is 0 Å². The molecule has 0 spiro atoms. The van der Waals surface area contributed by atoms with E-state index in [4.69, 9.17) is 0 Å². The predicted molar refractivity (Wildman–Crippen MR) is 52.3 cm³/mol. The normalized spacial score (nSPS) is 13.6. The molecular formula is C11H19. The second kappa shape index (κ2) is 7.59. The molecule has 0 aromatic heterocycles. The van der Waals surface area contributed by atoms with Gasteiger partial charge < -0.3 is 0 Å². The molecular weight excluding hydrogens is 132 g/mol. The highest BCUT2D eigenvalue weighted by Gasteiger charge is 1.94. The van der Waals surface area contributed by atoms with Crippen molar-refractivity contribution >= 4 is 0 Å². The van der Waals surface area contributed by atoms with Crippen LogP contribution in [0.2, 0.25) is 0 Å². The van der Waals surface area contributed by atoms with Crippen LogP contribution in [0.3, 0.4) is 0 Å². The molecule has 0 nitrogen and oxygen atoms in total. The Kier molecular flexibility index (Phi) is 7.23. The summed E-state index contributed by atoms with van der Waals surface area (Å²) in [7, 11) is 0. The molecule has 1 radical (unpaired) electrons. The van der Waals surface area contributed by atoms with Crippen LogP contribution in [0.15, 0.2) is 24.8 Å². The lowest BCUT2D eigenvalue weighted by Gasteiger charge is -2.03. The standard InChI is InChI=1S/C11H19/c1-4-6-7-8-10-11(3)9-5-2/h4-5,9-11H,1,6-8H2,2-3H3. The summed E-state index contributed by atoms with van der Waals surface area (Å²) in [5.74, 6) is 0.629. The van der Waals surface area contributed by atoms with Crippen LogP contribution in [0.1, 0.15) is 33.1 Å². The van der Waals surface area contributed by atoms with Crippen LogP contribution < -0.4 is 0 Å². The Balaban J connectivity index is 3.16. The molecule has 0 rings (SSSR count). The molecule has 0 N–H and O–H groups in total. The summed E-state index contributed by atoms with van der Waals surface area (Å²) in [6.45, 7) is 7.97. The third-order valence-electron chi connectivity index (χ3n) is 1.65. The maximum atomic E-state index is 3.69. The first-order valence-corrected chi connectivity index (χ1v) is 4.38. The predicted octanol–water partition coefficient (Wildman–Crippen LogP) is 3.76. The largest absolute Gasteiger partial charge is 0.103 e. The molecule has 1 unspecified atom stereocenters. The van der Waals surface area contributed by atoms with Crippen molar-refractivity contribution in [3.63, 3.8) is 0 Å². The highest BCUT2D eigenvalue weighted by atomic mass is 14.0. The third-order valence-corrected chi connectivity index (χ3v) is 1.65. The summed E-state index contributed by atoms with van der Waals surface area (Å²) in [6.07, 6.45) is 12.2. The quantitative estimate of drug-likeness (QED) is 0.400. The minimum Gasteiger partial charge on any atom is -0.103 e. The zero-order valence-electron chi connectivity index (χ0n) is 7.72. The summed E-state index contributed by atoms with van der Waals surface area (Å²) in [5.41, 5.74) is 0. The van der Waals surface area contributed by atoms with Crippen molar-refractivity contribution in [2.45, 2.75) is 33.1 Å². The topological polar surface area (TPSA) is 0 Å². The average Bonchev–Trinajstić information content (AvgIpc) is 1.99. The summed E-state index contributed by atoms with van der Waals surface area (Å²) < 4.78 is 0. The van der Waals surface area contributed by atoms with Gasteiger partial charge in [-0.2, -0.15) is 0 Å². The van der Waals surface area contributed by atoms with Gasteiger partial charge in [-0.05, 0) is 38.5 Å².